The average molecular weight is 196 g/mol. The molecule has 0 saturated heterocycles. The van der Waals surface area contributed by atoms with Crippen molar-refractivity contribution in [3.8, 4) is 0 Å². The third kappa shape index (κ3) is 1.67. The van der Waals surface area contributed by atoms with Gasteiger partial charge in [0.25, 0.3) is 5.91 Å². The Labute approximate surface area is 76.2 Å². The minimum Gasteiger partial charge on any atom is -0.287 e. The van der Waals surface area contributed by atoms with Gasteiger partial charge in [0.15, 0.2) is 5.01 Å². The zero-order chi connectivity index (χ0) is 9.10. The van der Waals surface area contributed by atoms with Crippen LogP contribution < -0.4 is 5.32 Å². The molecule has 13 heavy (non-hydrogen) atoms. The van der Waals surface area contributed by atoms with Crippen LogP contribution in [0.25, 0.3) is 0 Å². The van der Waals surface area contributed by atoms with E-state index in [9.17, 15) is 4.79 Å². The molecule has 0 aliphatic rings. The van der Waals surface area contributed by atoms with E-state index in [0.29, 0.717) is 5.01 Å². The van der Waals surface area contributed by atoms with E-state index >= 15 is 0 Å². The summed E-state index contributed by atoms with van der Waals surface area (Å²) in [6.45, 7) is 0. The molecule has 0 saturated carbocycles. The SMILES string of the molecule is O=C(Nc1nnn[nH]1)c1nccs1. The lowest BCUT2D eigenvalue weighted by molar-refractivity contribution is 0.102. The molecular formula is C5H4N6OS. The Morgan fingerprint density at radius 1 is 1.62 bits per heavy atom. The predicted molar refractivity (Wildman–Crippen MR) is 44.2 cm³/mol. The van der Waals surface area contributed by atoms with Gasteiger partial charge in [-0.15, -0.1) is 11.3 Å². The molecule has 0 spiro atoms. The van der Waals surface area contributed by atoms with Gasteiger partial charge in [0.2, 0.25) is 5.95 Å². The molecule has 2 aromatic heterocycles. The molecule has 0 aromatic carbocycles. The van der Waals surface area contributed by atoms with Gasteiger partial charge in [-0.25, -0.2) is 10.1 Å². The molecule has 0 bridgehead atoms. The molecule has 0 aliphatic heterocycles. The van der Waals surface area contributed by atoms with E-state index in [0.717, 1.165) is 0 Å². The number of amides is 1. The molecule has 2 N–H and O–H groups in total. The first-order chi connectivity index (χ1) is 6.36. The molecule has 66 valence electrons. The van der Waals surface area contributed by atoms with Crippen molar-refractivity contribution in [1.29, 1.82) is 0 Å². The zero-order valence-electron chi connectivity index (χ0n) is 6.26. The summed E-state index contributed by atoms with van der Waals surface area (Å²) in [6.07, 6.45) is 1.55. The number of tetrazole rings is 1. The molecule has 0 fully saturated rings. The molecule has 1 amide bonds. The standard InChI is InChI=1S/C5H4N6OS/c12-3(4-6-1-2-13-4)7-5-8-10-11-9-5/h1-2H,(H2,7,8,9,10,11,12). The molecule has 2 rings (SSSR count). The van der Waals surface area contributed by atoms with Crippen LogP contribution in [0.5, 0.6) is 0 Å². The van der Waals surface area contributed by atoms with Crippen molar-refractivity contribution >= 4 is 23.2 Å². The quantitative estimate of drug-likeness (QED) is 0.699. The van der Waals surface area contributed by atoms with Gasteiger partial charge in [0.05, 0.1) is 0 Å². The Morgan fingerprint density at radius 2 is 2.54 bits per heavy atom. The number of anilines is 1. The van der Waals surface area contributed by atoms with Gasteiger partial charge in [0.1, 0.15) is 0 Å². The van der Waals surface area contributed by atoms with Gasteiger partial charge >= 0.3 is 0 Å². The fourth-order valence-electron chi connectivity index (χ4n) is 0.709. The second kappa shape index (κ2) is 3.27. The fourth-order valence-corrected chi connectivity index (χ4v) is 1.24. The molecule has 2 aromatic rings. The van der Waals surface area contributed by atoms with Crippen LogP contribution in [0.3, 0.4) is 0 Å². The van der Waals surface area contributed by atoms with Gasteiger partial charge in [-0.2, -0.15) is 0 Å². The van der Waals surface area contributed by atoms with Gasteiger partial charge < -0.3 is 0 Å². The maximum Gasteiger partial charge on any atom is 0.287 e. The lowest BCUT2D eigenvalue weighted by atomic mass is 10.6. The molecule has 0 aliphatic carbocycles. The first kappa shape index (κ1) is 7.80. The highest BCUT2D eigenvalue weighted by Gasteiger charge is 2.09. The Kier molecular flexibility index (Phi) is 1.96. The van der Waals surface area contributed by atoms with Crippen molar-refractivity contribution in [2.45, 2.75) is 0 Å². The highest BCUT2D eigenvalue weighted by atomic mass is 32.1. The van der Waals surface area contributed by atoms with E-state index in [4.69, 9.17) is 0 Å². The van der Waals surface area contributed by atoms with E-state index < -0.39 is 0 Å². The number of nitrogens with zero attached hydrogens (tertiary/aromatic N) is 4. The summed E-state index contributed by atoms with van der Waals surface area (Å²) >= 11 is 1.25. The van der Waals surface area contributed by atoms with Gasteiger partial charge in [-0.05, 0) is 10.4 Å². The first-order valence-electron chi connectivity index (χ1n) is 3.31. The minimum atomic E-state index is -0.325. The van der Waals surface area contributed by atoms with Crippen LogP contribution >= 0.6 is 11.3 Å². The summed E-state index contributed by atoms with van der Waals surface area (Å²) < 4.78 is 0. The number of hydrogen-bond acceptors (Lipinski definition) is 6. The number of carbonyl (C=O) groups excluding carboxylic acids is 1. The monoisotopic (exact) mass is 196 g/mol. The van der Waals surface area contributed by atoms with Crippen LogP contribution in [0.4, 0.5) is 5.95 Å². The summed E-state index contributed by atoms with van der Waals surface area (Å²) in [4.78, 5) is 15.1. The van der Waals surface area contributed by atoms with Crippen molar-refractivity contribution in [3.63, 3.8) is 0 Å². The second-order valence-corrected chi connectivity index (χ2v) is 2.94. The molecule has 8 heteroatoms. The number of carbonyl (C=O) groups is 1. The van der Waals surface area contributed by atoms with Crippen molar-refractivity contribution < 1.29 is 4.79 Å². The van der Waals surface area contributed by atoms with Crippen LogP contribution in [-0.4, -0.2) is 31.5 Å². The molecule has 2 heterocycles. The van der Waals surface area contributed by atoms with Crippen molar-refractivity contribution in [1.82, 2.24) is 25.6 Å². The highest BCUT2D eigenvalue weighted by molar-refractivity contribution is 7.11. The minimum absolute atomic E-state index is 0.209. The molecular weight excluding hydrogens is 192 g/mol. The maximum atomic E-state index is 11.3. The lowest BCUT2D eigenvalue weighted by Gasteiger charge is -1.94. The average Bonchev–Trinajstić information content (AvgIpc) is 2.74. The van der Waals surface area contributed by atoms with Crippen LogP contribution in [-0.2, 0) is 0 Å². The topological polar surface area (TPSA) is 96.5 Å². The van der Waals surface area contributed by atoms with Gasteiger partial charge in [0, 0.05) is 11.6 Å². The smallest absolute Gasteiger partial charge is 0.287 e. The lowest BCUT2D eigenvalue weighted by Crippen LogP contribution is -2.12. The normalized spacial score (nSPS) is 9.85. The second-order valence-electron chi connectivity index (χ2n) is 2.04. The Hall–Kier alpha value is -1.83. The number of nitrogens with one attached hydrogen (secondary N) is 2. The summed E-state index contributed by atoms with van der Waals surface area (Å²) in [5, 5.41) is 17.0. The molecule has 0 atom stereocenters. The summed E-state index contributed by atoms with van der Waals surface area (Å²) in [6, 6.07) is 0. The first-order valence-corrected chi connectivity index (χ1v) is 4.19. The highest BCUT2D eigenvalue weighted by Crippen LogP contribution is 2.05. The maximum absolute atomic E-state index is 11.3. The van der Waals surface area contributed by atoms with Crippen molar-refractivity contribution in [2.24, 2.45) is 0 Å². The Morgan fingerprint density at radius 3 is 3.15 bits per heavy atom. The van der Waals surface area contributed by atoms with E-state index in [2.05, 4.69) is 30.9 Å². The van der Waals surface area contributed by atoms with Gasteiger partial charge in [-0.1, -0.05) is 5.10 Å². The van der Waals surface area contributed by atoms with E-state index in [1.54, 1.807) is 11.6 Å². The van der Waals surface area contributed by atoms with Gasteiger partial charge in [-0.3, -0.25) is 10.1 Å². The summed E-state index contributed by atoms with van der Waals surface area (Å²) in [5.74, 6) is -0.117. The Balaban J connectivity index is 2.08. The van der Waals surface area contributed by atoms with E-state index in [1.165, 1.54) is 11.3 Å². The van der Waals surface area contributed by atoms with Crippen molar-refractivity contribution in [2.75, 3.05) is 5.32 Å². The zero-order valence-corrected chi connectivity index (χ0v) is 7.08. The number of thiazole rings is 1. The van der Waals surface area contributed by atoms with Crippen molar-refractivity contribution in [3.05, 3.63) is 16.6 Å². The number of aromatic amines is 1. The van der Waals surface area contributed by atoms with Crippen LogP contribution in [0.2, 0.25) is 0 Å². The number of rotatable bonds is 2. The van der Waals surface area contributed by atoms with Crippen LogP contribution in [0.1, 0.15) is 9.80 Å². The summed E-state index contributed by atoms with van der Waals surface area (Å²) in [5.41, 5.74) is 0. The number of hydrogen-bond donors (Lipinski definition) is 2. The molecule has 0 radical (unpaired) electrons. The number of aromatic nitrogens is 5. The molecule has 7 nitrogen and oxygen atoms in total. The third-order valence-corrected chi connectivity index (χ3v) is 1.98. The largest absolute Gasteiger partial charge is 0.287 e. The van der Waals surface area contributed by atoms with E-state index in [-0.39, 0.29) is 11.9 Å². The third-order valence-electron chi connectivity index (χ3n) is 1.20. The van der Waals surface area contributed by atoms with Crippen LogP contribution in [0.15, 0.2) is 11.6 Å². The van der Waals surface area contributed by atoms with Crippen LogP contribution in [0, 0.1) is 0 Å². The number of H-pyrrole nitrogens is 1. The molecule has 0 unspecified atom stereocenters. The Bertz CT molecular complexity index is 381. The van der Waals surface area contributed by atoms with E-state index in [1.807, 2.05) is 0 Å². The fraction of sp³-hybridized carbons (Fsp3) is 0. The predicted octanol–water partition coefficient (Wildman–Crippen LogP) is -0.0915. The summed E-state index contributed by atoms with van der Waals surface area (Å²) in [7, 11) is 0.